The van der Waals surface area contributed by atoms with Gasteiger partial charge in [0, 0.05) is 23.5 Å². The smallest absolute Gasteiger partial charge is 0.331 e. The Hall–Kier alpha value is -4.60. The number of fused-ring (bicyclic) bond motifs is 3. The molecule has 0 radical (unpaired) electrons. The molecule has 1 aliphatic carbocycles. The molecule has 3 aromatic rings. The highest BCUT2D eigenvalue weighted by molar-refractivity contribution is 5.87. The Bertz CT molecular complexity index is 1420. The number of ether oxygens (including phenoxy) is 7. The number of furan rings is 1. The van der Waals surface area contributed by atoms with E-state index >= 15 is 0 Å². The van der Waals surface area contributed by atoms with Crippen molar-refractivity contribution >= 4 is 18.0 Å². The van der Waals surface area contributed by atoms with Gasteiger partial charge in [-0.2, -0.15) is 0 Å². The maximum absolute atomic E-state index is 13.2. The Morgan fingerprint density at radius 2 is 1.67 bits per heavy atom. The third-order valence-corrected chi connectivity index (χ3v) is 7.34. The molecule has 10 nitrogen and oxygen atoms in total. The number of benzene rings is 2. The van der Waals surface area contributed by atoms with Crippen molar-refractivity contribution in [2.45, 2.75) is 12.0 Å². The van der Waals surface area contributed by atoms with E-state index in [9.17, 15) is 9.59 Å². The second kappa shape index (κ2) is 9.94. The van der Waals surface area contributed by atoms with Gasteiger partial charge in [0.05, 0.1) is 40.1 Å². The summed E-state index contributed by atoms with van der Waals surface area (Å²) in [5.41, 5.74) is 2.21. The Morgan fingerprint density at radius 1 is 0.949 bits per heavy atom. The summed E-state index contributed by atoms with van der Waals surface area (Å²) in [5, 5.41) is 0. The predicted molar refractivity (Wildman–Crippen MR) is 135 cm³/mol. The SMILES string of the molecule is COc1cc([C@@H]2c3cc4c(cc3[C@@H](OC(=O)/C=C/c3ccco3)[C@H]3COC(=O)[C@H]23)OCO4)cc(OC)c1OC. The highest BCUT2D eigenvalue weighted by Gasteiger charge is 2.54. The Labute approximate surface area is 223 Å². The molecule has 0 saturated carbocycles. The number of cyclic esters (lactones) is 1. The molecule has 2 aromatic carbocycles. The molecule has 202 valence electrons. The Balaban J connectivity index is 1.47. The molecule has 39 heavy (non-hydrogen) atoms. The van der Waals surface area contributed by atoms with Crippen molar-refractivity contribution in [1.29, 1.82) is 0 Å². The molecular formula is C29H26O10. The number of carbonyl (C=O) groups excluding carboxylic acids is 2. The fourth-order valence-corrected chi connectivity index (χ4v) is 5.64. The maximum Gasteiger partial charge on any atom is 0.331 e. The van der Waals surface area contributed by atoms with Crippen molar-refractivity contribution in [3.05, 3.63) is 71.2 Å². The van der Waals surface area contributed by atoms with Crippen LogP contribution in [0.5, 0.6) is 28.7 Å². The zero-order valence-corrected chi connectivity index (χ0v) is 21.5. The van der Waals surface area contributed by atoms with Gasteiger partial charge in [-0.15, -0.1) is 0 Å². The number of methoxy groups -OCH3 is 3. The van der Waals surface area contributed by atoms with E-state index in [0.29, 0.717) is 40.1 Å². The average Bonchev–Trinajstić information content (AvgIpc) is 3.72. The lowest BCUT2D eigenvalue weighted by Gasteiger charge is -2.38. The molecule has 1 saturated heterocycles. The number of esters is 2. The number of hydrogen-bond acceptors (Lipinski definition) is 10. The average molecular weight is 535 g/mol. The summed E-state index contributed by atoms with van der Waals surface area (Å²) < 4.78 is 44.8. The standard InChI is InChI=1S/C29H26O10/c1-32-22-9-15(10-23(33-2)28(22)34-3)25-17-11-20-21(38-14-37-20)12-18(17)27(19-13-36-29(31)26(19)25)39-24(30)7-6-16-5-4-8-35-16/h4-12,19,25-27H,13-14H2,1-3H3/b7-6+/t19-,25+,26-,27+/m0/s1. The van der Waals surface area contributed by atoms with Crippen LogP contribution in [-0.2, 0) is 19.1 Å². The topological polar surface area (TPSA) is 112 Å². The molecule has 10 heteroatoms. The highest BCUT2D eigenvalue weighted by atomic mass is 16.7. The number of hydrogen-bond donors (Lipinski definition) is 0. The molecule has 1 fully saturated rings. The van der Waals surface area contributed by atoms with E-state index in [1.807, 2.05) is 24.3 Å². The zero-order valence-electron chi connectivity index (χ0n) is 21.5. The summed E-state index contributed by atoms with van der Waals surface area (Å²) in [4.78, 5) is 26.2. The first-order valence-corrected chi connectivity index (χ1v) is 12.3. The van der Waals surface area contributed by atoms with Crippen molar-refractivity contribution in [3.8, 4) is 28.7 Å². The molecule has 6 rings (SSSR count). The molecule has 0 amide bonds. The van der Waals surface area contributed by atoms with Crippen LogP contribution in [0, 0.1) is 11.8 Å². The molecule has 0 spiro atoms. The minimum absolute atomic E-state index is 0.0678. The van der Waals surface area contributed by atoms with Gasteiger partial charge in [0.15, 0.2) is 23.0 Å². The Kier molecular flexibility index (Phi) is 6.30. The molecular weight excluding hydrogens is 508 g/mol. The van der Waals surface area contributed by atoms with E-state index in [2.05, 4.69) is 0 Å². The third kappa shape index (κ3) is 4.21. The molecule has 3 heterocycles. The van der Waals surface area contributed by atoms with Crippen LogP contribution in [0.2, 0.25) is 0 Å². The van der Waals surface area contributed by atoms with Crippen LogP contribution < -0.4 is 23.7 Å². The summed E-state index contributed by atoms with van der Waals surface area (Å²) in [7, 11) is 4.60. The van der Waals surface area contributed by atoms with Crippen LogP contribution in [0.3, 0.4) is 0 Å². The number of rotatable bonds is 7. The van der Waals surface area contributed by atoms with Crippen molar-refractivity contribution in [2.24, 2.45) is 11.8 Å². The molecule has 0 unspecified atom stereocenters. The number of carbonyl (C=O) groups is 2. The first-order valence-electron chi connectivity index (χ1n) is 12.3. The fourth-order valence-electron chi connectivity index (χ4n) is 5.64. The van der Waals surface area contributed by atoms with E-state index in [-0.39, 0.29) is 19.4 Å². The first kappa shape index (κ1) is 24.7. The molecule has 3 aliphatic rings. The minimum Gasteiger partial charge on any atom is -0.493 e. The van der Waals surface area contributed by atoms with Crippen LogP contribution in [-0.4, -0.2) is 46.7 Å². The first-order chi connectivity index (χ1) is 19.0. The van der Waals surface area contributed by atoms with Crippen molar-refractivity contribution in [2.75, 3.05) is 34.7 Å². The second-order valence-electron chi connectivity index (χ2n) is 9.30. The van der Waals surface area contributed by atoms with Gasteiger partial charge >= 0.3 is 11.9 Å². The molecule has 4 atom stereocenters. The van der Waals surface area contributed by atoms with Gasteiger partial charge < -0.3 is 37.6 Å². The zero-order chi connectivity index (χ0) is 27.1. The highest BCUT2D eigenvalue weighted by Crippen LogP contribution is 2.56. The molecule has 0 N–H and O–H groups in total. The third-order valence-electron chi connectivity index (χ3n) is 7.34. The van der Waals surface area contributed by atoms with Gasteiger partial charge in [0.25, 0.3) is 0 Å². The summed E-state index contributed by atoms with van der Waals surface area (Å²) in [6, 6.07) is 10.7. The van der Waals surface area contributed by atoms with Gasteiger partial charge in [-0.1, -0.05) is 0 Å². The normalized spacial score (nSPS) is 22.7. The van der Waals surface area contributed by atoms with Crippen LogP contribution in [0.1, 0.15) is 34.5 Å². The lowest BCUT2D eigenvalue weighted by Crippen LogP contribution is -2.36. The van der Waals surface area contributed by atoms with Gasteiger partial charge in [0.2, 0.25) is 12.5 Å². The summed E-state index contributed by atoms with van der Waals surface area (Å²) in [6.45, 7) is 0.163. The second-order valence-corrected chi connectivity index (χ2v) is 9.30. The molecule has 0 bridgehead atoms. The van der Waals surface area contributed by atoms with Crippen molar-refractivity contribution in [1.82, 2.24) is 0 Å². The van der Waals surface area contributed by atoms with Gasteiger partial charge in [-0.05, 0) is 53.6 Å². The summed E-state index contributed by atoms with van der Waals surface area (Å²) >= 11 is 0. The van der Waals surface area contributed by atoms with Crippen LogP contribution >= 0.6 is 0 Å². The van der Waals surface area contributed by atoms with Crippen LogP contribution in [0.4, 0.5) is 0 Å². The van der Waals surface area contributed by atoms with Crippen molar-refractivity contribution < 1.29 is 47.2 Å². The van der Waals surface area contributed by atoms with Crippen LogP contribution in [0.25, 0.3) is 6.08 Å². The fraction of sp³-hybridized carbons (Fsp3) is 0.310. The quantitative estimate of drug-likeness (QED) is 0.322. The molecule has 2 aliphatic heterocycles. The maximum atomic E-state index is 13.2. The van der Waals surface area contributed by atoms with E-state index in [0.717, 1.165) is 11.1 Å². The van der Waals surface area contributed by atoms with E-state index in [1.54, 1.807) is 12.1 Å². The van der Waals surface area contributed by atoms with E-state index in [1.165, 1.54) is 39.7 Å². The van der Waals surface area contributed by atoms with Gasteiger partial charge in [-0.25, -0.2) is 4.79 Å². The van der Waals surface area contributed by atoms with Gasteiger partial charge in [-0.3, -0.25) is 4.79 Å². The minimum atomic E-state index is -0.766. The largest absolute Gasteiger partial charge is 0.493 e. The van der Waals surface area contributed by atoms with Gasteiger partial charge in [0.1, 0.15) is 11.9 Å². The van der Waals surface area contributed by atoms with E-state index < -0.39 is 29.8 Å². The van der Waals surface area contributed by atoms with E-state index in [4.69, 9.17) is 37.6 Å². The summed E-state index contributed by atoms with van der Waals surface area (Å²) in [5.74, 6) is 0.401. The summed E-state index contributed by atoms with van der Waals surface area (Å²) in [6.07, 6.45) is 3.57. The molecule has 1 aromatic heterocycles. The lowest BCUT2D eigenvalue weighted by molar-refractivity contribution is -0.148. The Morgan fingerprint density at radius 3 is 2.31 bits per heavy atom. The monoisotopic (exact) mass is 534 g/mol. The van der Waals surface area contributed by atoms with Crippen LogP contribution in [0.15, 0.2) is 53.2 Å². The van der Waals surface area contributed by atoms with Crippen molar-refractivity contribution in [3.63, 3.8) is 0 Å². The lowest BCUT2D eigenvalue weighted by atomic mass is 9.66. The predicted octanol–water partition coefficient (Wildman–Crippen LogP) is 4.27.